The molecule has 4 nitrogen and oxygen atoms in total. The highest BCUT2D eigenvalue weighted by Gasteiger charge is 1.86. The summed E-state index contributed by atoms with van der Waals surface area (Å²) in [5.41, 5.74) is 8.00. The van der Waals surface area contributed by atoms with Crippen LogP contribution in [0.1, 0.15) is 5.56 Å². The number of rotatable bonds is 6. The Balaban J connectivity index is 1.66. The van der Waals surface area contributed by atoms with Gasteiger partial charge in [-0.25, -0.2) is 0 Å². The van der Waals surface area contributed by atoms with E-state index < -0.39 is 0 Å². The normalized spacial score (nSPS) is 10.9. The third-order valence-corrected chi connectivity index (χ3v) is 2.40. The van der Waals surface area contributed by atoms with Gasteiger partial charge in [-0.1, -0.05) is 48.5 Å². The predicted octanol–water partition coefficient (Wildman–Crippen LogP) is 2.86. The van der Waals surface area contributed by atoms with Crippen LogP contribution in [0.25, 0.3) is 0 Å². The zero-order chi connectivity index (χ0) is 13.2. The summed E-state index contributed by atoms with van der Waals surface area (Å²) in [6.07, 6.45) is 3.21. The van der Waals surface area contributed by atoms with Gasteiger partial charge in [-0.15, -0.1) is 0 Å². The van der Waals surface area contributed by atoms with Gasteiger partial charge in [0.05, 0.1) is 24.7 Å². The van der Waals surface area contributed by atoms with Crippen molar-refractivity contribution in [2.45, 2.75) is 6.54 Å². The molecular weight excluding hydrogens is 236 g/mol. The van der Waals surface area contributed by atoms with E-state index in [1.807, 2.05) is 60.7 Å². The fourth-order valence-electron chi connectivity index (χ4n) is 1.48. The molecule has 0 saturated heterocycles. The molecule has 0 radical (unpaired) electrons. The summed E-state index contributed by atoms with van der Waals surface area (Å²) in [6.45, 7) is 0.706. The van der Waals surface area contributed by atoms with Gasteiger partial charge in [-0.05, 0) is 17.7 Å². The molecule has 2 N–H and O–H groups in total. The van der Waals surface area contributed by atoms with Crippen molar-refractivity contribution in [3.8, 4) is 0 Å². The van der Waals surface area contributed by atoms with Crippen LogP contribution in [0, 0.1) is 0 Å². The van der Waals surface area contributed by atoms with Gasteiger partial charge in [0.15, 0.2) is 0 Å². The van der Waals surface area contributed by atoms with Gasteiger partial charge in [0, 0.05) is 0 Å². The minimum Gasteiger partial charge on any atom is -0.306 e. The predicted molar refractivity (Wildman–Crippen MR) is 80.3 cm³/mol. The van der Waals surface area contributed by atoms with Crippen molar-refractivity contribution in [3.63, 3.8) is 0 Å². The Morgan fingerprint density at radius 3 is 2.16 bits per heavy atom. The van der Waals surface area contributed by atoms with Crippen molar-refractivity contribution in [2.75, 3.05) is 5.43 Å². The molecule has 0 aliphatic carbocycles. The maximum absolute atomic E-state index is 4.03. The van der Waals surface area contributed by atoms with Crippen LogP contribution >= 0.6 is 0 Å². The standard InChI is InChI=1S/C15H16N4/c1-3-7-14(8-4-1)13-18-16-11-12-17-19-15-9-5-2-6-10-15/h1-12,18-19H,13H2/b16-11+,17-12+. The van der Waals surface area contributed by atoms with Gasteiger partial charge in [-0.2, -0.15) is 10.2 Å². The molecule has 2 rings (SSSR count). The lowest BCUT2D eigenvalue weighted by atomic mass is 10.2. The average Bonchev–Trinajstić information content (AvgIpc) is 2.48. The molecular formula is C15H16N4. The van der Waals surface area contributed by atoms with E-state index in [2.05, 4.69) is 21.1 Å². The molecule has 0 aliphatic rings. The Bertz CT molecular complexity index is 520. The Morgan fingerprint density at radius 1 is 0.789 bits per heavy atom. The third-order valence-electron chi connectivity index (χ3n) is 2.40. The highest BCUT2D eigenvalue weighted by atomic mass is 15.3. The Hall–Kier alpha value is -2.62. The van der Waals surface area contributed by atoms with E-state index in [1.165, 1.54) is 5.56 Å². The second kappa shape index (κ2) is 7.66. The second-order valence-corrected chi connectivity index (χ2v) is 3.85. The van der Waals surface area contributed by atoms with Crippen LogP contribution in [-0.2, 0) is 6.54 Å². The fourth-order valence-corrected chi connectivity index (χ4v) is 1.48. The lowest BCUT2D eigenvalue weighted by Gasteiger charge is -1.99. The minimum absolute atomic E-state index is 0.706. The monoisotopic (exact) mass is 252 g/mol. The molecule has 96 valence electrons. The fraction of sp³-hybridized carbons (Fsp3) is 0.0667. The zero-order valence-corrected chi connectivity index (χ0v) is 10.5. The number of hydrogen-bond acceptors (Lipinski definition) is 4. The maximum Gasteiger partial charge on any atom is 0.0673 e. The molecule has 0 heterocycles. The van der Waals surface area contributed by atoms with Crippen LogP contribution in [-0.4, -0.2) is 12.4 Å². The largest absolute Gasteiger partial charge is 0.306 e. The number of nitrogens with one attached hydrogen (secondary N) is 2. The number of nitrogens with zero attached hydrogens (tertiary/aromatic N) is 2. The molecule has 0 saturated carbocycles. The molecule has 0 amide bonds. The number of hydrazone groups is 2. The molecule has 0 spiro atoms. The maximum atomic E-state index is 4.03. The van der Waals surface area contributed by atoms with E-state index in [4.69, 9.17) is 0 Å². The van der Waals surface area contributed by atoms with Crippen LogP contribution in [0.3, 0.4) is 0 Å². The summed E-state index contributed by atoms with van der Waals surface area (Å²) in [5, 5.41) is 8.06. The highest BCUT2D eigenvalue weighted by molar-refractivity contribution is 6.16. The summed E-state index contributed by atoms with van der Waals surface area (Å²) >= 11 is 0. The Morgan fingerprint density at radius 2 is 1.42 bits per heavy atom. The molecule has 0 aromatic heterocycles. The minimum atomic E-state index is 0.706. The van der Waals surface area contributed by atoms with Crippen LogP contribution in [0.5, 0.6) is 0 Å². The molecule has 0 bridgehead atoms. The van der Waals surface area contributed by atoms with Crippen molar-refractivity contribution < 1.29 is 0 Å². The molecule has 19 heavy (non-hydrogen) atoms. The number of hydrogen-bond donors (Lipinski definition) is 2. The van der Waals surface area contributed by atoms with Crippen molar-refractivity contribution in [2.24, 2.45) is 10.2 Å². The van der Waals surface area contributed by atoms with Gasteiger partial charge >= 0.3 is 0 Å². The summed E-state index contributed by atoms with van der Waals surface area (Å²) < 4.78 is 0. The lowest BCUT2D eigenvalue weighted by Crippen LogP contribution is -2.05. The van der Waals surface area contributed by atoms with Crippen LogP contribution < -0.4 is 10.9 Å². The molecule has 0 atom stereocenters. The van der Waals surface area contributed by atoms with Gasteiger partial charge in [0.25, 0.3) is 0 Å². The number of para-hydroxylation sites is 1. The number of benzene rings is 2. The van der Waals surface area contributed by atoms with Crippen molar-refractivity contribution in [1.29, 1.82) is 0 Å². The van der Waals surface area contributed by atoms with Gasteiger partial charge in [0.2, 0.25) is 0 Å². The first-order valence-electron chi connectivity index (χ1n) is 6.08. The van der Waals surface area contributed by atoms with Crippen LogP contribution in [0.15, 0.2) is 70.9 Å². The summed E-state index contributed by atoms with van der Waals surface area (Å²) in [4.78, 5) is 0. The van der Waals surface area contributed by atoms with E-state index in [0.717, 1.165) is 5.69 Å². The van der Waals surface area contributed by atoms with Gasteiger partial charge in [-0.3, -0.25) is 5.43 Å². The summed E-state index contributed by atoms with van der Waals surface area (Å²) in [5.74, 6) is 0. The quantitative estimate of drug-likeness (QED) is 0.613. The van der Waals surface area contributed by atoms with E-state index >= 15 is 0 Å². The third kappa shape index (κ3) is 5.04. The first-order valence-corrected chi connectivity index (χ1v) is 6.08. The SMILES string of the molecule is C(/C=N/Nc1ccccc1)=N\NCc1ccccc1. The van der Waals surface area contributed by atoms with Crippen molar-refractivity contribution in [1.82, 2.24) is 5.43 Å². The smallest absolute Gasteiger partial charge is 0.0673 e. The van der Waals surface area contributed by atoms with Crippen LogP contribution in [0.2, 0.25) is 0 Å². The molecule has 4 heteroatoms. The van der Waals surface area contributed by atoms with E-state index in [-0.39, 0.29) is 0 Å². The van der Waals surface area contributed by atoms with Crippen molar-refractivity contribution >= 4 is 18.1 Å². The van der Waals surface area contributed by atoms with E-state index in [1.54, 1.807) is 12.4 Å². The second-order valence-electron chi connectivity index (χ2n) is 3.85. The van der Waals surface area contributed by atoms with Crippen molar-refractivity contribution in [3.05, 3.63) is 66.2 Å². The molecule has 0 aliphatic heterocycles. The van der Waals surface area contributed by atoms with Crippen LogP contribution in [0.4, 0.5) is 5.69 Å². The Labute approximate surface area is 112 Å². The molecule has 2 aromatic carbocycles. The van der Waals surface area contributed by atoms with Gasteiger partial charge in [0.1, 0.15) is 0 Å². The first kappa shape index (κ1) is 12.8. The molecule has 0 fully saturated rings. The van der Waals surface area contributed by atoms with E-state index in [0.29, 0.717) is 6.54 Å². The molecule has 2 aromatic rings. The highest BCUT2D eigenvalue weighted by Crippen LogP contribution is 2.03. The molecule has 0 unspecified atom stereocenters. The topological polar surface area (TPSA) is 48.8 Å². The summed E-state index contributed by atoms with van der Waals surface area (Å²) in [6, 6.07) is 19.9. The lowest BCUT2D eigenvalue weighted by molar-refractivity contribution is 0.749. The number of anilines is 1. The first-order chi connectivity index (χ1) is 9.45. The Kier molecular flexibility index (Phi) is 5.17. The van der Waals surface area contributed by atoms with E-state index in [9.17, 15) is 0 Å². The zero-order valence-electron chi connectivity index (χ0n) is 10.5. The van der Waals surface area contributed by atoms with Gasteiger partial charge < -0.3 is 5.43 Å². The summed E-state index contributed by atoms with van der Waals surface area (Å²) in [7, 11) is 0. The average molecular weight is 252 g/mol.